The van der Waals surface area contributed by atoms with Crippen LogP contribution in [0.15, 0.2) is 103 Å². The fraction of sp³-hybridized carbons (Fsp3) is 0.300. The van der Waals surface area contributed by atoms with Gasteiger partial charge in [0.05, 0.1) is 13.2 Å². The van der Waals surface area contributed by atoms with Gasteiger partial charge in [0.1, 0.15) is 6.10 Å². The van der Waals surface area contributed by atoms with Crippen LogP contribution in [0.2, 0.25) is 0 Å². The van der Waals surface area contributed by atoms with Crippen LogP contribution in [-0.4, -0.2) is 25.9 Å². The third kappa shape index (κ3) is 7.31. The summed E-state index contributed by atoms with van der Waals surface area (Å²) in [5, 5.41) is 0. The summed E-state index contributed by atoms with van der Waals surface area (Å²) in [5.74, 6) is -1.47. The van der Waals surface area contributed by atoms with Gasteiger partial charge in [0.15, 0.2) is 0 Å². The van der Waals surface area contributed by atoms with Crippen LogP contribution >= 0.6 is 0 Å². The molecule has 0 N–H and O–H groups in total. The predicted octanol–water partition coefficient (Wildman–Crippen LogP) is 7.17. The lowest BCUT2D eigenvalue weighted by molar-refractivity contribution is -0.278. The van der Waals surface area contributed by atoms with Gasteiger partial charge in [-0.15, -0.1) is 0 Å². The first-order valence-electron chi connectivity index (χ1n) is 12.0. The number of hydrogen-bond acceptors (Lipinski definition) is 4. The Balaban J connectivity index is 1.73. The van der Waals surface area contributed by atoms with Gasteiger partial charge in [-0.25, -0.2) is 4.79 Å². The van der Waals surface area contributed by atoms with Crippen molar-refractivity contribution in [1.82, 2.24) is 0 Å². The molecule has 0 saturated heterocycles. The molecule has 3 rings (SSSR count). The smallest absolute Gasteiger partial charge is 0.432 e. The highest BCUT2D eigenvalue weighted by Gasteiger charge is 2.64. The number of carbonyl (C=O) groups is 1. The van der Waals surface area contributed by atoms with Crippen LogP contribution < -0.4 is 0 Å². The van der Waals surface area contributed by atoms with Gasteiger partial charge < -0.3 is 14.2 Å². The zero-order chi connectivity index (χ0) is 26.7. The maximum Gasteiger partial charge on any atom is 0.432 e. The second-order valence-electron chi connectivity index (χ2n) is 8.70. The summed E-state index contributed by atoms with van der Waals surface area (Å²) in [6.45, 7) is 2.93. The molecule has 0 radical (unpaired) electrons. The molecule has 0 heterocycles. The molecule has 0 aliphatic carbocycles. The minimum atomic E-state index is -5.04. The Morgan fingerprint density at radius 3 is 2.03 bits per heavy atom. The van der Waals surface area contributed by atoms with E-state index < -0.39 is 23.9 Å². The first-order valence-corrected chi connectivity index (χ1v) is 12.0. The van der Waals surface area contributed by atoms with E-state index in [-0.39, 0.29) is 17.9 Å². The molecule has 3 aromatic carbocycles. The zero-order valence-corrected chi connectivity index (χ0v) is 20.9. The number of esters is 1. The van der Waals surface area contributed by atoms with E-state index in [2.05, 4.69) is 0 Å². The fourth-order valence-electron chi connectivity index (χ4n) is 3.95. The SMILES string of the molecule is CO[C@@](C(=O)O[C@@H](C/C=C\[C@@H](C)COCc1ccccc1)c1ccccc1)(c1ccccc1)C(F)(F)F. The average molecular weight is 513 g/mol. The predicted molar refractivity (Wildman–Crippen MR) is 135 cm³/mol. The molecule has 0 saturated carbocycles. The molecule has 37 heavy (non-hydrogen) atoms. The molecule has 0 bridgehead atoms. The Labute approximate surface area is 215 Å². The van der Waals surface area contributed by atoms with Crippen LogP contribution in [0.4, 0.5) is 13.2 Å². The van der Waals surface area contributed by atoms with Crippen molar-refractivity contribution < 1.29 is 32.2 Å². The second-order valence-corrected chi connectivity index (χ2v) is 8.70. The molecule has 0 spiro atoms. The lowest BCUT2D eigenvalue weighted by Crippen LogP contribution is -2.52. The number of rotatable bonds is 12. The van der Waals surface area contributed by atoms with Crippen molar-refractivity contribution in [1.29, 1.82) is 0 Å². The highest BCUT2D eigenvalue weighted by atomic mass is 19.4. The van der Waals surface area contributed by atoms with E-state index >= 15 is 0 Å². The van der Waals surface area contributed by atoms with Crippen molar-refractivity contribution in [2.75, 3.05) is 13.7 Å². The summed E-state index contributed by atoms with van der Waals surface area (Å²) >= 11 is 0. The molecule has 7 heteroatoms. The van der Waals surface area contributed by atoms with Crippen molar-refractivity contribution in [3.63, 3.8) is 0 Å². The third-order valence-corrected chi connectivity index (χ3v) is 5.90. The number of ether oxygens (including phenoxy) is 3. The molecule has 3 atom stereocenters. The molecule has 0 aromatic heterocycles. The van der Waals surface area contributed by atoms with Crippen molar-refractivity contribution in [2.24, 2.45) is 5.92 Å². The Morgan fingerprint density at radius 2 is 1.46 bits per heavy atom. The van der Waals surface area contributed by atoms with Gasteiger partial charge in [-0.05, 0) is 17.0 Å². The summed E-state index contributed by atoms with van der Waals surface area (Å²) in [4.78, 5) is 13.2. The zero-order valence-electron chi connectivity index (χ0n) is 20.9. The average Bonchev–Trinajstić information content (AvgIpc) is 2.90. The third-order valence-electron chi connectivity index (χ3n) is 5.90. The molecule has 0 amide bonds. The number of alkyl halides is 3. The highest BCUT2D eigenvalue weighted by Crippen LogP contribution is 2.44. The summed E-state index contributed by atoms with van der Waals surface area (Å²) in [7, 11) is 0.857. The van der Waals surface area contributed by atoms with Crippen LogP contribution in [0.25, 0.3) is 0 Å². The van der Waals surface area contributed by atoms with Gasteiger partial charge in [0, 0.05) is 19.1 Å². The van der Waals surface area contributed by atoms with Crippen LogP contribution in [0.1, 0.15) is 36.1 Å². The number of halogens is 3. The lowest BCUT2D eigenvalue weighted by Gasteiger charge is -2.33. The van der Waals surface area contributed by atoms with E-state index in [1.807, 2.05) is 43.3 Å². The summed E-state index contributed by atoms with van der Waals surface area (Å²) in [6.07, 6.45) is -2.10. The molecule has 196 valence electrons. The molecule has 3 aromatic rings. The van der Waals surface area contributed by atoms with Crippen molar-refractivity contribution in [3.8, 4) is 0 Å². The Hall–Kier alpha value is -3.42. The first kappa shape index (κ1) is 28.2. The Morgan fingerprint density at radius 1 is 0.892 bits per heavy atom. The maximum atomic E-state index is 14.3. The van der Waals surface area contributed by atoms with Crippen LogP contribution in [0, 0.1) is 5.92 Å². The number of hydrogen-bond donors (Lipinski definition) is 0. The largest absolute Gasteiger partial charge is 0.454 e. The fourth-order valence-corrected chi connectivity index (χ4v) is 3.95. The van der Waals surface area contributed by atoms with Crippen LogP contribution in [-0.2, 0) is 31.2 Å². The lowest BCUT2D eigenvalue weighted by atomic mass is 9.92. The quantitative estimate of drug-likeness (QED) is 0.191. The monoisotopic (exact) mass is 512 g/mol. The number of benzene rings is 3. The summed E-state index contributed by atoms with van der Waals surface area (Å²) in [6, 6.07) is 25.3. The van der Waals surface area contributed by atoms with Gasteiger partial charge in [-0.2, -0.15) is 13.2 Å². The number of methoxy groups -OCH3 is 1. The Kier molecular flexibility index (Phi) is 10.1. The maximum absolute atomic E-state index is 14.3. The molecule has 0 fully saturated rings. The van der Waals surface area contributed by atoms with E-state index in [4.69, 9.17) is 14.2 Å². The molecular formula is C30H31F3O4. The van der Waals surface area contributed by atoms with Gasteiger partial charge in [-0.1, -0.05) is 110 Å². The normalized spacial score (nSPS) is 15.2. The topological polar surface area (TPSA) is 44.8 Å². The minimum absolute atomic E-state index is 0.0494. The second kappa shape index (κ2) is 13.2. The molecule has 4 nitrogen and oxygen atoms in total. The van der Waals surface area contributed by atoms with Crippen molar-refractivity contribution >= 4 is 5.97 Å². The minimum Gasteiger partial charge on any atom is -0.454 e. The van der Waals surface area contributed by atoms with Gasteiger partial charge in [-0.3, -0.25) is 0 Å². The van der Waals surface area contributed by atoms with Gasteiger partial charge >= 0.3 is 12.1 Å². The summed E-state index contributed by atoms with van der Waals surface area (Å²) < 4.78 is 59.1. The molecule has 0 unspecified atom stereocenters. The van der Waals surface area contributed by atoms with Gasteiger partial charge in [0.2, 0.25) is 0 Å². The van der Waals surface area contributed by atoms with E-state index in [9.17, 15) is 18.0 Å². The molecular weight excluding hydrogens is 481 g/mol. The van der Waals surface area contributed by atoms with E-state index in [1.54, 1.807) is 42.5 Å². The van der Waals surface area contributed by atoms with E-state index in [1.165, 1.54) is 24.3 Å². The van der Waals surface area contributed by atoms with Crippen molar-refractivity contribution in [2.45, 2.75) is 37.8 Å². The molecule has 0 aliphatic rings. The Bertz CT molecular complexity index is 1120. The number of carbonyl (C=O) groups excluding carboxylic acids is 1. The molecule has 0 aliphatic heterocycles. The highest BCUT2D eigenvalue weighted by molar-refractivity contribution is 5.83. The van der Waals surface area contributed by atoms with Crippen LogP contribution in [0.3, 0.4) is 0 Å². The summed E-state index contributed by atoms with van der Waals surface area (Å²) in [5.41, 5.74) is -1.95. The van der Waals surface area contributed by atoms with Gasteiger partial charge in [0.25, 0.3) is 5.60 Å². The standard InChI is InChI=1S/C30H31F3O4/c1-23(21-36-22-24-14-6-3-7-15-24)13-12-20-27(25-16-8-4-9-17-25)37-28(34)29(35-2,30(31,32)33)26-18-10-5-11-19-26/h3-19,23,27H,20-22H2,1-2H3/b13-12-/t23-,27+,29-/m1/s1. The van der Waals surface area contributed by atoms with E-state index in [0.29, 0.717) is 18.8 Å². The van der Waals surface area contributed by atoms with Crippen molar-refractivity contribution in [3.05, 3.63) is 120 Å². The van der Waals surface area contributed by atoms with Crippen LogP contribution in [0.5, 0.6) is 0 Å². The van der Waals surface area contributed by atoms with E-state index in [0.717, 1.165) is 12.7 Å². The first-order chi connectivity index (χ1) is 17.8.